The number of aryl methyl sites for hydroxylation is 2. The second kappa shape index (κ2) is 5.73. The molecule has 1 amide bonds. The van der Waals surface area contributed by atoms with E-state index >= 15 is 0 Å². The first-order chi connectivity index (χ1) is 11.6. The second-order valence-corrected chi connectivity index (χ2v) is 6.73. The number of amides is 1. The minimum atomic E-state index is -0.179. The Morgan fingerprint density at radius 2 is 2.08 bits per heavy atom. The van der Waals surface area contributed by atoms with Crippen LogP contribution in [0.2, 0.25) is 0 Å². The van der Waals surface area contributed by atoms with Crippen molar-refractivity contribution >= 4 is 5.91 Å². The highest BCUT2D eigenvalue weighted by atomic mass is 16.5. The maximum absolute atomic E-state index is 12.5. The number of piperidine rings is 1. The van der Waals surface area contributed by atoms with Crippen LogP contribution in [0.1, 0.15) is 59.6 Å². The lowest BCUT2D eigenvalue weighted by molar-refractivity contribution is -0.0822. The Bertz CT molecular complexity index is 743. The number of hydrogen-bond acceptors (Lipinski definition) is 6. The summed E-state index contributed by atoms with van der Waals surface area (Å²) in [6.45, 7) is 5.04. The van der Waals surface area contributed by atoms with E-state index in [9.17, 15) is 4.79 Å². The van der Waals surface area contributed by atoms with Gasteiger partial charge < -0.3 is 18.6 Å². The summed E-state index contributed by atoms with van der Waals surface area (Å²) in [5, 5.41) is 3.84. The molecule has 0 bridgehead atoms. The average Bonchev–Trinajstić information content (AvgIpc) is 3.28. The highest BCUT2D eigenvalue weighted by molar-refractivity contribution is 5.92. The summed E-state index contributed by atoms with van der Waals surface area (Å²) in [6.07, 6.45) is 4.92. The zero-order valence-electron chi connectivity index (χ0n) is 13.9. The maximum Gasteiger partial charge on any atom is 0.289 e. The molecule has 2 aliphatic rings. The van der Waals surface area contributed by atoms with Crippen molar-refractivity contribution in [2.75, 3.05) is 13.1 Å². The van der Waals surface area contributed by atoms with E-state index in [2.05, 4.69) is 10.1 Å². The number of nitrogens with zero attached hydrogens (tertiary/aromatic N) is 3. The summed E-state index contributed by atoms with van der Waals surface area (Å²) in [6, 6.07) is 1.82. The fraction of sp³-hybridized carbons (Fsp3) is 0.588. The monoisotopic (exact) mass is 331 g/mol. The lowest BCUT2D eigenvalue weighted by atomic mass is 9.88. The van der Waals surface area contributed by atoms with E-state index in [1.54, 1.807) is 13.2 Å². The van der Waals surface area contributed by atoms with Crippen molar-refractivity contribution in [1.82, 2.24) is 15.0 Å². The van der Waals surface area contributed by atoms with Gasteiger partial charge in [0.15, 0.2) is 11.6 Å². The van der Waals surface area contributed by atoms with Gasteiger partial charge in [0.1, 0.15) is 6.10 Å². The smallest absolute Gasteiger partial charge is 0.289 e. The van der Waals surface area contributed by atoms with Crippen LogP contribution in [0.3, 0.4) is 0 Å². The molecule has 128 valence electrons. The Labute approximate surface area is 140 Å². The molecule has 4 heterocycles. The van der Waals surface area contributed by atoms with Crippen LogP contribution < -0.4 is 0 Å². The number of rotatable bonds is 2. The summed E-state index contributed by atoms with van der Waals surface area (Å²) in [5.74, 6) is 1.60. The number of ether oxygens (including phenoxy) is 1. The SMILES string of the molecule is Cc1noc([C@H]2CCC3(CCN(C(=O)c4occc4C)CC3)O2)n1. The molecule has 2 aromatic heterocycles. The predicted octanol–water partition coefficient (Wildman–Crippen LogP) is 2.81. The molecule has 0 radical (unpaired) electrons. The molecule has 0 saturated carbocycles. The molecule has 2 saturated heterocycles. The van der Waals surface area contributed by atoms with Crippen LogP contribution in [0.15, 0.2) is 21.3 Å². The van der Waals surface area contributed by atoms with Crippen molar-refractivity contribution in [2.45, 2.75) is 51.2 Å². The van der Waals surface area contributed by atoms with Gasteiger partial charge in [-0.1, -0.05) is 5.16 Å². The largest absolute Gasteiger partial charge is 0.459 e. The number of furan rings is 1. The van der Waals surface area contributed by atoms with Crippen molar-refractivity contribution in [2.24, 2.45) is 0 Å². The third kappa shape index (κ3) is 2.62. The highest BCUT2D eigenvalue weighted by Gasteiger charge is 2.45. The van der Waals surface area contributed by atoms with E-state index in [1.165, 1.54) is 0 Å². The van der Waals surface area contributed by atoms with E-state index in [1.807, 2.05) is 17.9 Å². The number of likely N-dealkylation sites (tertiary alicyclic amines) is 1. The summed E-state index contributed by atoms with van der Waals surface area (Å²) >= 11 is 0. The van der Waals surface area contributed by atoms with Crippen LogP contribution in [0.5, 0.6) is 0 Å². The van der Waals surface area contributed by atoms with E-state index in [-0.39, 0.29) is 17.6 Å². The molecule has 24 heavy (non-hydrogen) atoms. The Morgan fingerprint density at radius 1 is 1.29 bits per heavy atom. The lowest BCUT2D eigenvalue weighted by Gasteiger charge is -2.38. The van der Waals surface area contributed by atoms with Gasteiger partial charge in [0.2, 0.25) is 0 Å². The first-order valence-corrected chi connectivity index (χ1v) is 8.38. The van der Waals surface area contributed by atoms with Crippen molar-refractivity contribution in [3.05, 3.63) is 35.4 Å². The summed E-state index contributed by atoms with van der Waals surface area (Å²) in [7, 11) is 0. The molecular formula is C17H21N3O4. The maximum atomic E-state index is 12.5. The van der Waals surface area contributed by atoms with Crippen LogP contribution >= 0.6 is 0 Å². The van der Waals surface area contributed by atoms with Crippen molar-refractivity contribution in [1.29, 1.82) is 0 Å². The molecule has 7 nitrogen and oxygen atoms in total. The van der Waals surface area contributed by atoms with Crippen LogP contribution in [-0.2, 0) is 4.74 Å². The van der Waals surface area contributed by atoms with E-state index < -0.39 is 0 Å². The van der Waals surface area contributed by atoms with Crippen LogP contribution in [0.25, 0.3) is 0 Å². The fourth-order valence-corrected chi connectivity index (χ4v) is 3.65. The van der Waals surface area contributed by atoms with Crippen LogP contribution in [-0.4, -0.2) is 39.6 Å². The van der Waals surface area contributed by atoms with Gasteiger partial charge >= 0.3 is 0 Å². The first-order valence-electron chi connectivity index (χ1n) is 8.38. The predicted molar refractivity (Wildman–Crippen MR) is 83.4 cm³/mol. The molecule has 0 N–H and O–H groups in total. The van der Waals surface area contributed by atoms with Crippen molar-refractivity contribution in [3.8, 4) is 0 Å². The molecule has 2 aromatic rings. The van der Waals surface area contributed by atoms with Gasteiger partial charge in [0, 0.05) is 18.7 Å². The van der Waals surface area contributed by atoms with Gasteiger partial charge in [-0.25, -0.2) is 0 Å². The number of carbonyl (C=O) groups excluding carboxylic acids is 1. The lowest BCUT2D eigenvalue weighted by Crippen LogP contribution is -2.46. The van der Waals surface area contributed by atoms with Gasteiger partial charge in [0.05, 0.1) is 11.9 Å². The molecular weight excluding hydrogens is 310 g/mol. The van der Waals surface area contributed by atoms with E-state index in [0.717, 1.165) is 31.2 Å². The first kappa shape index (κ1) is 15.4. The van der Waals surface area contributed by atoms with Crippen molar-refractivity contribution in [3.63, 3.8) is 0 Å². The molecule has 7 heteroatoms. The van der Waals surface area contributed by atoms with Crippen LogP contribution in [0.4, 0.5) is 0 Å². The summed E-state index contributed by atoms with van der Waals surface area (Å²) < 4.78 is 16.8. The second-order valence-electron chi connectivity index (χ2n) is 6.73. The molecule has 4 rings (SSSR count). The molecule has 0 aromatic carbocycles. The molecule has 1 spiro atoms. The summed E-state index contributed by atoms with van der Waals surface area (Å²) in [4.78, 5) is 18.7. The molecule has 1 atom stereocenters. The Balaban J connectivity index is 1.39. The topological polar surface area (TPSA) is 81.6 Å². The van der Waals surface area contributed by atoms with Gasteiger partial charge in [-0.05, 0) is 45.6 Å². The fourth-order valence-electron chi connectivity index (χ4n) is 3.65. The Kier molecular flexibility index (Phi) is 3.68. The average molecular weight is 331 g/mol. The molecule has 0 unspecified atom stereocenters. The van der Waals surface area contributed by atoms with Crippen LogP contribution in [0, 0.1) is 13.8 Å². The minimum Gasteiger partial charge on any atom is -0.459 e. The zero-order valence-corrected chi connectivity index (χ0v) is 13.9. The van der Waals surface area contributed by atoms with Gasteiger partial charge in [-0.3, -0.25) is 4.79 Å². The molecule has 2 fully saturated rings. The normalized spacial score (nSPS) is 23.1. The minimum absolute atomic E-state index is 0.0329. The third-order valence-corrected chi connectivity index (χ3v) is 5.09. The molecule has 2 aliphatic heterocycles. The Hall–Kier alpha value is -2.15. The highest BCUT2D eigenvalue weighted by Crippen LogP contribution is 2.44. The summed E-state index contributed by atoms with van der Waals surface area (Å²) in [5.41, 5.74) is 0.700. The van der Waals surface area contributed by atoms with Gasteiger partial charge in [-0.15, -0.1) is 0 Å². The third-order valence-electron chi connectivity index (χ3n) is 5.09. The zero-order chi connectivity index (χ0) is 16.7. The van der Waals surface area contributed by atoms with Gasteiger partial charge in [-0.2, -0.15) is 4.98 Å². The van der Waals surface area contributed by atoms with E-state index in [0.29, 0.717) is 30.6 Å². The molecule has 0 aliphatic carbocycles. The number of carbonyl (C=O) groups is 1. The number of aromatic nitrogens is 2. The quantitative estimate of drug-likeness (QED) is 0.841. The number of hydrogen-bond donors (Lipinski definition) is 0. The standard InChI is InChI=1S/C17H21N3O4/c1-11-4-10-22-14(11)16(21)20-8-6-17(7-9-20)5-3-13(23-17)15-18-12(2)19-24-15/h4,10,13H,3,5-9H2,1-2H3/t13-/m1/s1. The van der Waals surface area contributed by atoms with Crippen molar-refractivity contribution < 1.29 is 18.5 Å². The Morgan fingerprint density at radius 3 is 2.71 bits per heavy atom. The van der Waals surface area contributed by atoms with E-state index in [4.69, 9.17) is 13.7 Å². The van der Waals surface area contributed by atoms with Gasteiger partial charge in [0.25, 0.3) is 11.8 Å².